The van der Waals surface area contributed by atoms with E-state index in [2.05, 4.69) is 10.3 Å². The molecule has 0 radical (unpaired) electrons. The summed E-state index contributed by atoms with van der Waals surface area (Å²) in [6, 6.07) is 0. The van der Waals surface area contributed by atoms with Crippen LogP contribution in [-0.4, -0.2) is 45.3 Å². The summed E-state index contributed by atoms with van der Waals surface area (Å²) in [5, 5.41) is 11.9. The summed E-state index contributed by atoms with van der Waals surface area (Å²) >= 11 is 0. The number of rotatable bonds is 4. The molecule has 1 saturated heterocycles. The second-order valence-corrected chi connectivity index (χ2v) is 5.21. The van der Waals surface area contributed by atoms with Gasteiger partial charge in [-0.3, -0.25) is 9.59 Å². The van der Waals surface area contributed by atoms with Crippen LogP contribution in [0.3, 0.4) is 0 Å². The van der Waals surface area contributed by atoms with Crippen molar-refractivity contribution in [3.8, 4) is 0 Å². The second-order valence-electron chi connectivity index (χ2n) is 5.21. The molecule has 1 amide bonds. The van der Waals surface area contributed by atoms with Gasteiger partial charge in [0.15, 0.2) is 0 Å². The summed E-state index contributed by atoms with van der Waals surface area (Å²) in [4.78, 5) is 27.4. The number of aryl methyl sites for hydroxylation is 1. The van der Waals surface area contributed by atoms with Crippen LogP contribution in [0.5, 0.6) is 0 Å². The summed E-state index contributed by atoms with van der Waals surface area (Å²) in [6.45, 7) is 2.62. The lowest BCUT2D eigenvalue weighted by Gasteiger charge is -2.36. The van der Waals surface area contributed by atoms with Gasteiger partial charge in [-0.1, -0.05) is 0 Å². The number of carbonyl (C=O) groups excluding carboxylic acids is 1. The van der Waals surface area contributed by atoms with Crippen molar-refractivity contribution in [1.82, 2.24) is 14.9 Å². The van der Waals surface area contributed by atoms with E-state index < -0.39 is 11.5 Å². The van der Waals surface area contributed by atoms with E-state index in [1.54, 1.807) is 18.5 Å². The maximum Gasteiger partial charge on any atom is 0.305 e. The maximum atomic E-state index is 12.3. The summed E-state index contributed by atoms with van der Waals surface area (Å²) in [7, 11) is 1.75. The van der Waals surface area contributed by atoms with E-state index in [0.29, 0.717) is 18.7 Å². The van der Waals surface area contributed by atoms with E-state index in [4.69, 9.17) is 9.84 Å². The zero-order valence-electron chi connectivity index (χ0n) is 11.7. The summed E-state index contributed by atoms with van der Waals surface area (Å²) in [5.41, 5.74) is -0.419. The smallest absolute Gasteiger partial charge is 0.305 e. The molecule has 2 heterocycles. The number of aromatic nitrogens is 2. The molecule has 0 bridgehead atoms. The van der Waals surface area contributed by atoms with E-state index in [1.807, 2.05) is 0 Å². The molecule has 110 valence electrons. The summed E-state index contributed by atoms with van der Waals surface area (Å²) in [6.07, 6.45) is 2.68. The van der Waals surface area contributed by atoms with Gasteiger partial charge in [0, 0.05) is 13.7 Å². The van der Waals surface area contributed by atoms with Crippen molar-refractivity contribution in [1.29, 1.82) is 0 Å². The molecule has 7 heteroatoms. The van der Waals surface area contributed by atoms with Crippen LogP contribution in [0.2, 0.25) is 0 Å². The first-order chi connectivity index (χ1) is 9.43. The fourth-order valence-corrected chi connectivity index (χ4v) is 2.44. The van der Waals surface area contributed by atoms with Crippen molar-refractivity contribution < 1.29 is 19.4 Å². The molecule has 20 heavy (non-hydrogen) atoms. The number of carbonyl (C=O) groups is 2. The lowest BCUT2D eigenvalue weighted by atomic mass is 9.88. The highest BCUT2D eigenvalue weighted by molar-refractivity contribution is 5.93. The van der Waals surface area contributed by atoms with Gasteiger partial charge >= 0.3 is 5.97 Å². The van der Waals surface area contributed by atoms with E-state index in [-0.39, 0.29) is 18.9 Å². The van der Waals surface area contributed by atoms with Crippen LogP contribution in [0.4, 0.5) is 0 Å². The molecule has 1 aliphatic rings. The molecule has 2 rings (SSSR count). The third kappa shape index (κ3) is 2.98. The molecular formula is C13H19N3O4. The average molecular weight is 281 g/mol. The number of carboxylic acids is 1. The molecule has 1 unspecified atom stereocenters. The standard InChI is InChI=1S/C13H19N3O4/c1-9-14-7-10(16(9)2)12(19)15-13(6-11(17)18)4-3-5-20-8-13/h7H,3-6,8H2,1-2H3,(H,15,19)(H,17,18). The van der Waals surface area contributed by atoms with E-state index in [9.17, 15) is 9.59 Å². The van der Waals surface area contributed by atoms with Crippen LogP contribution in [0.1, 0.15) is 35.6 Å². The number of aliphatic carboxylic acids is 1. The number of hydrogen-bond donors (Lipinski definition) is 2. The van der Waals surface area contributed by atoms with Crippen molar-refractivity contribution in [3.63, 3.8) is 0 Å². The number of hydrogen-bond acceptors (Lipinski definition) is 4. The summed E-state index contributed by atoms with van der Waals surface area (Å²) < 4.78 is 7.03. The maximum absolute atomic E-state index is 12.3. The van der Waals surface area contributed by atoms with Crippen LogP contribution in [0.25, 0.3) is 0 Å². The lowest BCUT2D eigenvalue weighted by molar-refractivity contribution is -0.140. The van der Waals surface area contributed by atoms with E-state index in [0.717, 1.165) is 12.2 Å². The molecule has 1 atom stereocenters. The molecule has 7 nitrogen and oxygen atoms in total. The van der Waals surface area contributed by atoms with Gasteiger partial charge in [-0.2, -0.15) is 0 Å². The number of imidazole rings is 1. The first-order valence-electron chi connectivity index (χ1n) is 6.54. The normalized spacial score (nSPS) is 22.5. The first-order valence-corrected chi connectivity index (χ1v) is 6.54. The van der Waals surface area contributed by atoms with Crippen molar-refractivity contribution in [2.24, 2.45) is 7.05 Å². The van der Waals surface area contributed by atoms with Gasteiger partial charge in [0.2, 0.25) is 0 Å². The van der Waals surface area contributed by atoms with Crippen molar-refractivity contribution >= 4 is 11.9 Å². The van der Waals surface area contributed by atoms with Crippen LogP contribution >= 0.6 is 0 Å². The monoisotopic (exact) mass is 281 g/mol. The third-order valence-corrected chi connectivity index (χ3v) is 3.64. The SMILES string of the molecule is Cc1ncc(C(=O)NC2(CC(=O)O)CCCOC2)n1C. The molecule has 0 aromatic carbocycles. The van der Waals surface area contributed by atoms with Crippen molar-refractivity contribution in [2.75, 3.05) is 13.2 Å². The molecule has 0 aliphatic carbocycles. The zero-order chi connectivity index (χ0) is 14.8. The molecule has 0 saturated carbocycles. The molecule has 2 N–H and O–H groups in total. The minimum Gasteiger partial charge on any atom is -0.481 e. The Bertz CT molecular complexity index is 518. The quantitative estimate of drug-likeness (QED) is 0.837. The Hall–Kier alpha value is -1.89. The highest BCUT2D eigenvalue weighted by atomic mass is 16.5. The topological polar surface area (TPSA) is 93.5 Å². The predicted octanol–water partition coefficient (Wildman–Crippen LogP) is 0.482. The zero-order valence-corrected chi connectivity index (χ0v) is 11.7. The largest absolute Gasteiger partial charge is 0.481 e. The van der Waals surface area contributed by atoms with Crippen LogP contribution in [0, 0.1) is 6.92 Å². The highest BCUT2D eigenvalue weighted by Gasteiger charge is 2.37. The van der Waals surface area contributed by atoms with Gasteiger partial charge in [0.05, 0.1) is 24.8 Å². The Labute approximate surface area is 116 Å². The first kappa shape index (κ1) is 14.5. The molecule has 1 aromatic rings. The number of nitrogens with one attached hydrogen (secondary N) is 1. The van der Waals surface area contributed by atoms with Crippen LogP contribution in [0.15, 0.2) is 6.20 Å². The fraction of sp³-hybridized carbons (Fsp3) is 0.615. The lowest BCUT2D eigenvalue weighted by Crippen LogP contribution is -2.55. The van der Waals surface area contributed by atoms with E-state index in [1.165, 1.54) is 6.20 Å². The summed E-state index contributed by atoms with van der Waals surface area (Å²) in [5.74, 6) is -0.542. The van der Waals surface area contributed by atoms with Gasteiger partial charge in [0.25, 0.3) is 5.91 Å². The third-order valence-electron chi connectivity index (χ3n) is 3.64. The minimum atomic E-state index is -0.947. The average Bonchev–Trinajstić information content (AvgIpc) is 2.70. The molecular weight excluding hydrogens is 262 g/mol. The van der Waals surface area contributed by atoms with Gasteiger partial charge in [0.1, 0.15) is 11.5 Å². The highest BCUT2D eigenvalue weighted by Crippen LogP contribution is 2.23. The molecule has 1 aromatic heterocycles. The van der Waals surface area contributed by atoms with E-state index >= 15 is 0 Å². The Morgan fingerprint density at radius 2 is 2.35 bits per heavy atom. The number of ether oxygens (including phenoxy) is 1. The minimum absolute atomic E-state index is 0.143. The van der Waals surface area contributed by atoms with Crippen LogP contribution in [-0.2, 0) is 16.6 Å². The number of amides is 1. The fourth-order valence-electron chi connectivity index (χ4n) is 2.44. The Morgan fingerprint density at radius 3 is 2.85 bits per heavy atom. The molecule has 1 fully saturated rings. The Balaban J connectivity index is 2.17. The van der Waals surface area contributed by atoms with Gasteiger partial charge in [-0.15, -0.1) is 0 Å². The number of carboxylic acid groups (broad SMARTS) is 1. The Morgan fingerprint density at radius 1 is 1.60 bits per heavy atom. The van der Waals surface area contributed by atoms with Crippen LogP contribution < -0.4 is 5.32 Å². The van der Waals surface area contributed by atoms with Crippen molar-refractivity contribution in [3.05, 3.63) is 17.7 Å². The Kier molecular flexibility index (Phi) is 4.08. The van der Waals surface area contributed by atoms with Crippen molar-refractivity contribution in [2.45, 2.75) is 31.7 Å². The van der Waals surface area contributed by atoms with Gasteiger partial charge in [-0.25, -0.2) is 4.98 Å². The number of nitrogens with zero attached hydrogens (tertiary/aromatic N) is 2. The molecule has 1 aliphatic heterocycles. The second kappa shape index (κ2) is 5.62. The van der Waals surface area contributed by atoms with Gasteiger partial charge < -0.3 is 19.7 Å². The predicted molar refractivity (Wildman–Crippen MR) is 70.4 cm³/mol. The van der Waals surface area contributed by atoms with Gasteiger partial charge in [-0.05, 0) is 19.8 Å². The molecule has 0 spiro atoms.